The van der Waals surface area contributed by atoms with Crippen LogP contribution in [-0.4, -0.2) is 41.8 Å². The van der Waals surface area contributed by atoms with E-state index in [4.69, 9.17) is 22.2 Å². The number of rotatable bonds is 7. The molecule has 1 heterocycles. The van der Waals surface area contributed by atoms with Crippen LogP contribution >= 0.6 is 12.2 Å². The maximum absolute atomic E-state index is 5.60. The van der Waals surface area contributed by atoms with Crippen LogP contribution in [0, 0.1) is 12.8 Å². The van der Waals surface area contributed by atoms with Crippen molar-refractivity contribution in [2.24, 2.45) is 5.92 Å². The molecule has 0 amide bonds. The second kappa shape index (κ2) is 11.0. The molecule has 0 saturated heterocycles. The highest BCUT2D eigenvalue weighted by Gasteiger charge is 2.22. The average Bonchev–Trinajstić information content (AvgIpc) is 2.84. The van der Waals surface area contributed by atoms with Crippen LogP contribution in [0.2, 0.25) is 0 Å². The number of nitrogens with one attached hydrogen (secondary N) is 3. The van der Waals surface area contributed by atoms with Gasteiger partial charge in [-0.2, -0.15) is 4.98 Å². The Morgan fingerprint density at radius 2 is 1.79 bits per heavy atom. The van der Waals surface area contributed by atoms with Gasteiger partial charge < -0.3 is 20.9 Å². The minimum atomic E-state index is 0.400. The predicted molar refractivity (Wildman–Crippen MR) is 148 cm³/mol. The van der Waals surface area contributed by atoms with Gasteiger partial charge in [0.2, 0.25) is 5.95 Å². The van der Waals surface area contributed by atoms with E-state index in [1.165, 1.54) is 11.1 Å². The molecule has 1 fully saturated rings. The highest BCUT2D eigenvalue weighted by molar-refractivity contribution is 7.80. The molecule has 1 saturated carbocycles. The number of benzene rings is 2. The SMILES string of the molecule is CCc1cccc(C)c1NC(=S)NC[C@H]1CC[C@@H](Nc2nc(N(C)C)c3ccccc3n2)CC1. The van der Waals surface area contributed by atoms with Crippen molar-refractivity contribution in [3.8, 4) is 0 Å². The molecule has 180 valence electrons. The van der Waals surface area contributed by atoms with E-state index < -0.39 is 0 Å². The fraction of sp³-hybridized carbons (Fsp3) is 0.444. The Morgan fingerprint density at radius 3 is 2.53 bits per heavy atom. The summed E-state index contributed by atoms with van der Waals surface area (Å²) in [6, 6.07) is 15.0. The molecule has 0 bridgehead atoms. The molecule has 6 nitrogen and oxygen atoms in total. The first-order valence-electron chi connectivity index (χ1n) is 12.3. The van der Waals surface area contributed by atoms with Crippen LogP contribution in [0.15, 0.2) is 42.5 Å². The Morgan fingerprint density at radius 1 is 1.03 bits per heavy atom. The quantitative estimate of drug-likeness (QED) is 0.388. The van der Waals surface area contributed by atoms with Gasteiger partial charge >= 0.3 is 0 Å². The molecule has 1 aliphatic rings. The standard InChI is InChI=1S/C27H36N6S/c1-5-20-10-8-9-18(2)24(20)31-27(34)28-17-19-13-15-21(16-14-19)29-26-30-23-12-7-6-11-22(23)25(32-26)33(3)4/h6-12,19,21H,5,13-17H2,1-4H3,(H2,28,31,34)(H,29,30,32)/t19-,21+. The Hall–Kier alpha value is -2.93. The molecular weight excluding hydrogens is 440 g/mol. The number of fused-ring (bicyclic) bond motifs is 1. The van der Waals surface area contributed by atoms with E-state index in [0.29, 0.717) is 17.1 Å². The lowest BCUT2D eigenvalue weighted by atomic mass is 9.86. The summed E-state index contributed by atoms with van der Waals surface area (Å²) < 4.78 is 0. The monoisotopic (exact) mass is 476 g/mol. The van der Waals surface area contributed by atoms with Crippen LogP contribution in [-0.2, 0) is 6.42 Å². The van der Waals surface area contributed by atoms with Crippen molar-refractivity contribution in [1.29, 1.82) is 0 Å². The summed E-state index contributed by atoms with van der Waals surface area (Å²) in [5.41, 5.74) is 4.64. The highest BCUT2D eigenvalue weighted by atomic mass is 32.1. The Kier molecular flexibility index (Phi) is 7.83. The predicted octanol–water partition coefficient (Wildman–Crippen LogP) is 5.52. The summed E-state index contributed by atoms with van der Waals surface area (Å²) in [7, 11) is 4.05. The van der Waals surface area contributed by atoms with Gasteiger partial charge in [-0.3, -0.25) is 0 Å². The smallest absolute Gasteiger partial charge is 0.225 e. The van der Waals surface area contributed by atoms with Gasteiger partial charge in [0.1, 0.15) is 5.82 Å². The fourth-order valence-corrected chi connectivity index (χ4v) is 4.94. The second-order valence-electron chi connectivity index (χ2n) is 9.44. The second-order valence-corrected chi connectivity index (χ2v) is 9.85. The number of hydrogen-bond donors (Lipinski definition) is 3. The van der Waals surface area contributed by atoms with Gasteiger partial charge in [0, 0.05) is 37.8 Å². The van der Waals surface area contributed by atoms with Gasteiger partial charge in [0.25, 0.3) is 0 Å². The lowest BCUT2D eigenvalue weighted by Gasteiger charge is -2.30. The molecule has 0 radical (unpaired) electrons. The van der Waals surface area contributed by atoms with Crippen LogP contribution in [0.3, 0.4) is 0 Å². The van der Waals surface area contributed by atoms with Crippen molar-refractivity contribution in [3.63, 3.8) is 0 Å². The minimum absolute atomic E-state index is 0.400. The number of thiocarbonyl (C=S) groups is 1. The van der Waals surface area contributed by atoms with Crippen LogP contribution in [0.4, 0.5) is 17.5 Å². The zero-order valence-corrected chi connectivity index (χ0v) is 21.5. The Labute approximate surface area is 208 Å². The van der Waals surface area contributed by atoms with Crippen molar-refractivity contribution in [2.45, 2.75) is 52.0 Å². The molecule has 2 aromatic carbocycles. The van der Waals surface area contributed by atoms with E-state index in [0.717, 1.165) is 67.0 Å². The van der Waals surface area contributed by atoms with E-state index in [-0.39, 0.29) is 0 Å². The first kappa shape index (κ1) is 24.2. The van der Waals surface area contributed by atoms with E-state index in [1.807, 2.05) is 26.2 Å². The normalized spacial score (nSPS) is 17.9. The molecule has 34 heavy (non-hydrogen) atoms. The molecule has 1 aliphatic carbocycles. The third-order valence-corrected chi connectivity index (χ3v) is 6.96. The fourth-order valence-electron chi connectivity index (χ4n) is 4.76. The van der Waals surface area contributed by atoms with Crippen molar-refractivity contribution >= 4 is 45.7 Å². The molecule has 0 atom stereocenters. The molecule has 3 aromatic rings. The summed E-state index contributed by atoms with van der Waals surface area (Å²) in [5, 5.41) is 12.3. The third kappa shape index (κ3) is 5.76. The molecule has 0 aliphatic heterocycles. The largest absolute Gasteiger partial charge is 0.362 e. The third-order valence-electron chi connectivity index (χ3n) is 6.72. The molecule has 4 rings (SSSR count). The minimum Gasteiger partial charge on any atom is -0.362 e. The summed E-state index contributed by atoms with van der Waals surface area (Å²) in [6.45, 7) is 5.20. The molecule has 0 spiro atoms. The van der Waals surface area contributed by atoms with Crippen LogP contribution in [0.1, 0.15) is 43.7 Å². The van der Waals surface area contributed by atoms with E-state index in [9.17, 15) is 0 Å². The summed E-state index contributed by atoms with van der Waals surface area (Å²) >= 11 is 5.60. The highest BCUT2D eigenvalue weighted by Crippen LogP contribution is 2.28. The first-order valence-corrected chi connectivity index (χ1v) is 12.7. The first-order chi connectivity index (χ1) is 16.4. The van der Waals surface area contributed by atoms with Gasteiger partial charge in [-0.05, 0) is 80.4 Å². The lowest BCUT2D eigenvalue weighted by Crippen LogP contribution is -2.36. The number of nitrogens with zero attached hydrogens (tertiary/aromatic N) is 3. The van der Waals surface area contributed by atoms with Crippen molar-refractivity contribution < 1.29 is 0 Å². The Bertz CT molecular complexity index is 1140. The maximum Gasteiger partial charge on any atom is 0.225 e. The molecule has 7 heteroatoms. The maximum atomic E-state index is 5.60. The van der Waals surface area contributed by atoms with Gasteiger partial charge in [0.15, 0.2) is 5.11 Å². The number of anilines is 3. The number of aryl methyl sites for hydroxylation is 2. The van der Waals surface area contributed by atoms with E-state index in [2.05, 4.69) is 65.0 Å². The van der Waals surface area contributed by atoms with Gasteiger partial charge in [0.05, 0.1) is 5.52 Å². The molecule has 1 aromatic heterocycles. The van der Waals surface area contributed by atoms with Crippen LogP contribution in [0.5, 0.6) is 0 Å². The van der Waals surface area contributed by atoms with Crippen molar-refractivity contribution in [1.82, 2.24) is 15.3 Å². The number of aromatic nitrogens is 2. The average molecular weight is 477 g/mol. The van der Waals surface area contributed by atoms with Crippen molar-refractivity contribution in [2.75, 3.05) is 36.2 Å². The summed E-state index contributed by atoms with van der Waals surface area (Å²) in [5.74, 6) is 2.29. The van der Waals surface area contributed by atoms with E-state index in [1.54, 1.807) is 0 Å². The number of hydrogen-bond acceptors (Lipinski definition) is 5. The topological polar surface area (TPSA) is 65.1 Å². The summed E-state index contributed by atoms with van der Waals surface area (Å²) in [4.78, 5) is 11.6. The lowest BCUT2D eigenvalue weighted by molar-refractivity contribution is 0.336. The van der Waals surface area contributed by atoms with Crippen LogP contribution < -0.4 is 20.9 Å². The van der Waals surface area contributed by atoms with Gasteiger partial charge in [-0.1, -0.05) is 37.3 Å². The van der Waals surface area contributed by atoms with Gasteiger partial charge in [-0.15, -0.1) is 0 Å². The van der Waals surface area contributed by atoms with Crippen molar-refractivity contribution in [3.05, 3.63) is 53.6 Å². The Balaban J connectivity index is 1.28. The molecule has 3 N–H and O–H groups in total. The zero-order valence-electron chi connectivity index (χ0n) is 20.7. The zero-order chi connectivity index (χ0) is 24.1. The number of para-hydroxylation sites is 2. The van der Waals surface area contributed by atoms with Gasteiger partial charge in [-0.25, -0.2) is 4.98 Å². The molecule has 0 unspecified atom stereocenters. The van der Waals surface area contributed by atoms with E-state index >= 15 is 0 Å². The van der Waals surface area contributed by atoms with Crippen LogP contribution in [0.25, 0.3) is 10.9 Å². The molecular formula is C27H36N6S. The summed E-state index contributed by atoms with van der Waals surface area (Å²) in [6.07, 6.45) is 5.52.